The molecule has 25 heavy (non-hydrogen) atoms. The molecular formula is C12H9F7N4OS. The van der Waals surface area contributed by atoms with Gasteiger partial charge < -0.3 is 10.3 Å². The van der Waals surface area contributed by atoms with Crippen LogP contribution in [0, 0.1) is 12.7 Å². The molecule has 0 aliphatic rings. The van der Waals surface area contributed by atoms with Crippen molar-refractivity contribution in [3.8, 4) is 5.69 Å². The number of benzene rings is 1. The highest BCUT2D eigenvalue weighted by atomic mass is 32.2. The van der Waals surface area contributed by atoms with E-state index in [1.165, 1.54) is 6.92 Å². The lowest BCUT2D eigenvalue weighted by atomic mass is 10.2. The molecule has 0 bridgehead atoms. The molecule has 0 amide bonds. The van der Waals surface area contributed by atoms with Gasteiger partial charge in [0.25, 0.3) is 5.82 Å². The van der Waals surface area contributed by atoms with Gasteiger partial charge in [-0.3, -0.25) is 0 Å². The Kier molecular flexibility index (Phi) is 5.18. The Morgan fingerprint density at radius 1 is 1.24 bits per heavy atom. The lowest BCUT2D eigenvalue weighted by Crippen LogP contribution is -2.25. The zero-order valence-electron chi connectivity index (χ0n) is 12.2. The highest BCUT2D eigenvalue weighted by Crippen LogP contribution is 2.31. The van der Waals surface area contributed by atoms with Gasteiger partial charge in [-0.15, -0.1) is 5.10 Å². The average Bonchev–Trinajstić information content (AvgIpc) is 2.88. The zero-order valence-corrected chi connectivity index (χ0v) is 13.0. The minimum Gasteiger partial charge on any atom is -0.609 e. The van der Waals surface area contributed by atoms with Crippen LogP contribution in [-0.2, 0) is 17.4 Å². The van der Waals surface area contributed by atoms with Crippen LogP contribution in [0.5, 0.6) is 0 Å². The van der Waals surface area contributed by atoms with Crippen LogP contribution in [0.15, 0.2) is 17.0 Å². The van der Waals surface area contributed by atoms with Crippen molar-refractivity contribution in [2.75, 3.05) is 5.73 Å². The number of anilines is 1. The van der Waals surface area contributed by atoms with E-state index in [2.05, 4.69) is 10.1 Å². The largest absolute Gasteiger partial charge is 0.609 e. The SMILES string of the molecule is Cc1cc(F)c(-n2nc(C(F)(F)F)nc2N)cc1[S+]([O-])C(F)C(F)F. The molecule has 1 heterocycles. The standard InChI is InChI=1S/C12H9F7N4OS/c1-4-2-5(13)6(3-7(4)25(24)9(16)8(14)15)23-11(20)21-10(22-23)12(17,18)19/h2-3,8-9H,1H3,(H2,20,21,22). The summed E-state index contributed by atoms with van der Waals surface area (Å²) in [4.78, 5) is 2.39. The van der Waals surface area contributed by atoms with Crippen LogP contribution < -0.4 is 5.73 Å². The lowest BCUT2D eigenvalue weighted by Gasteiger charge is -2.17. The molecule has 0 saturated carbocycles. The van der Waals surface area contributed by atoms with Crippen molar-refractivity contribution >= 4 is 17.1 Å². The van der Waals surface area contributed by atoms with E-state index in [0.717, 1.165) is 0 Å². The quantitative estimate of drug-likeness (QED) is 0.643. The fourth-order valence-corrected chi connectivity index (χ4v) is 2.89. The van der Waals surface area contributed by atoms with Gasteiger partial charge in [0.05, 0.1) is 0 Å². The molecule has 138 valence electrons. The Morgan fingerprint density at radius 2 is 1.84 bits per heavy atom. The van der Waals surface area contributed by atoms with Crippen LogP contribution in [0.3, 0.4) is 0 Å². The van der Waals surface area contributed by atoms with E-state index in [4.69, 9.17) is 5.73 Å². The second kappa shape index (κ2) is 6.71. The van der Waals surface area contributed by atoms with Gasteiger partial charge in [0.1, 0.15) is 11.5 Å². The minimum atomic E-state index is -4.97. The van der Waals surface area contributed by atoms with Gasteiger partial charge in [0.2, 0.25) is 5.95 Å². The third kappa shape index (κ3) is 3.81. The van der Waals surface area contributed by atoms with Gasteiger partial charge in [0.15, 0.2) is 4.90 Å². The van der Waals surface area contributed by atoms with Crippen molar-refractivity contribution in [1.82, 2.24) is 14.8 Å². The van der Waals surface area contributed by atoms with Crippen LogP contribution in [0.1, 0.15) is 11.4 Å². The molecule has 2 unspecified atom stereocenters. The summed E-state index contributed by atoms with van der Waals surface area (Å²) >= 11 is -2.89. The van der Waals surface area contributed by atoms with Gasteiger partial charge in [-0.25, -0.2) is 13.2 Å². The highest BCUT2D eigenvalue weighted by molar-refractivity contribution is 7.92. The molecule has 2 N–H and O–H groups in total. The van der Waals surface area contributed by atoms with E-state index >= 15 is 0 Å². The lowest BCUT2D eigenvalue weighted by molar-refractivity contribution is -0.144. The first kappa shape index (κ1) is 19.3. The summed E-state index contributed by atoms with van der Waals surface area (Å²) in [7, 11) is 0. The van der Waals surface area contributed by atoms with Crippen molar-refractivity contribution in [1.29, 1.82) is 0 Å². The second-order valence-electron chi connectivity index (χ2n) is 4.76. The van der Waals surface area contributed by atoms with Gasteiger partial charge in [-0.1, -0.05) is 0 Å². The van der Waals surface area contributed by atoms with Gasteiger partial charge in [-0.2, -0.15) is 27.2 Å². The first-order valence-corrected chi connectivity index (χ1v) is 7.57. The maximum Gasteiger partial charge on any atom is 0.453 e. The topological polar surface area (TPSA) is 79.8 Å². The highest BCUT2D eigenvalue weighted by Gasteiger charge is 2.38. The van der Waals surface area contributed by atoms with Crippen LogP contribution >= 0.6 is 0 Å². The van der Waals surface area contributed by atoms with Crippen LogP contribution in [-0.4, -0.2) is 31.2 Å². The number of nitrogens with zero attached hydrogens (tertiary/aromatic N) is 3. The number of rotatable bonds is 4. The Hall–Kier alpha value is -2.02. The normalized spacial score (nSPS) is 14.8. The molecular weight excluding hydrogens is 381 g/mol. The predicted octanol–water partition coefficient (Wildman–Crippen LogP) is 2.98. The maximum atomic E-state index is 14.1. The Bertz CT molecular complexity index is 780. The molecule has 0 spiro atoms. The summed E-state index contributed by atoms with van der Waals surface area (Å²) in [6.45, 7) is 1.17. The van der Waals surface area contributed by atoms with E-state index in [9.17, 15) is 35.3 Å². The summed E-state index contributed by atoms with van der Waals surface area (Å²) in [5.41, 5.74) is 1.32. The molecule has 0 aliphatic carbocycles. The third-order valence-corrected chi connectivity index (χ3v) is 4.47. The summed E-state index contributed by atoms with van der Waals surface area (Å²) in [6.07, 6.45) is -8.53. The monoisotopic (exact) mass is 390 g/mol. The number of halogens is 7. The van der Waals surface area contributed by atoms with E-state index < -0.39 is 57.5 Å². The van der Waals surface area contributed by atoms with E-state index in [-0.39, 0.29) is 10.2 Å². The average molecular weight is 390 g/mol. The number of aromatic nitrogens is 3. The number of alkyl halides is 6. The summed E-state index contributed by atoms with van der Waals surface area (Å²) in [5.74, 6) is -3.66. The van der Waals surface area contributed by atoms with E-state index in [0.29, 0.717) is 12.1 Å². The Labute approximate surface area is 138 Å². The van der Waals surface area contributed by atoms with Crippen LogP contribution in [0.25, 0.3) is 5.69 Å². The van der Waals surface area contributed by atoms with E-state index in [1.54, 1.807) is 0 Å². The molecule has 13 heteroatoms. The summed E-state index contributed by atoms with van der Waals surface area (Å²) in [6, 6.07) is 1.33. The molecule has 0 fully saturated rings. The molecule has 0 saturated heterocycles. The van der Waals surface area contributed by atoms with Crippen LogP contribution in [0.2, 0.25) is 0 Å². The molecule has 0 aliphatic heterocycles. The molecule has 1 aromatic heterocycles. The number of aryl methyl sites for hydroxylation is 1. The number of nitrogens with two attached hydrogens (primary N) is 1. The maximum absolute atomic E-state index is 14.1. The van der Waals surface area contributed by atoms with Crippen molar-refractivity contribution in [3.05, 3.63) is 29.3 Å². The smallest absolute Gasteiger partial charge is 0.453 e. The van der Waals surface area contributed by atoms with Gasteiger partial charge >= 0.3 is 18.1 Å². The zero-order chi connectivity index (χ0) is 19.1. The first-order valence-electron chi connectivity index (χ1n) is 6.36. The van der Waals surface area contributed by atoms with E-state index in [1.807, 2.05) is 0 Å². The summed E-state index contributed by atoms with van der Waals surface area (Å²) < 4.78 is 102. The van der Waals surface area contributed by atoms with Gasteiger partial charge in [-0.05, 0) is 13.0 Å². The number of nitrogen functional groups attached to an aromatic ring is 1. The van der Waals surface area contributed by atoms with Crippen molar-refractivity contribution < 1.29 is 35.3 Å². The van der Waals surface area contributed by atoms with Crippen LogP contribution in [0.4, 0.5) is 36.7 Å². The Balaban J connectivity index is 2.57. The number of hydrogen-bond acceptors (Lipinski definition) is 4. The molecule has 2 aromatic rings. The van der Waals surface area contributed by atoms with Crippen molar-refractivity contribution in [2.45, 2.75) is 29.9 Å². The fourth-order valence-electron chi connectivity index (χ4n) is 1.86. The molecule has 0 radical (unpaired) electrons. The third-order valence-electron chi connectivity index (χ3n) is 2.98. The first-order chi connectivity index (χ1) is 11.4. The fraction of sp³-hybridized carbons (Fsp3) is 0.333. The molecule has 1 aromatic carbocycles. The Morgan fingerprint density at radius 3 is 2.32 bits per heavy atom. The molecule has 2 rings (SSSR count). The second-order valence-corrected chi connectivity index (χ2v) is 6.24. The van der Waals surface area contributed by atoms with Gasteiger partial charge in [0, 0.05) is 22.8 Å². The molecule has 5 nitrogen and oxygen atoms in total. The minimum absolute atomic E-state index is 0.141. The van der Waals surface area contributed by atoms with Crippen molar-refractivity contribution in [3.63, 3.8) is 0 Å². The summed E-state index contributed by atoms with van der Waals surface area (Å²) in [5, 5.41) is 3.00. The van der Waals surface area contributed by atoms with Crippen molar-refractivity contribution in [2.24, 2.45) is 0 Å². The number of hydrogen-bond donors (Lipinski definition) is 1. The predicted molar refractivity (Wildman–Crippen MR) is 72.8 cm³/mol. The molecule has 2 atom stereocenters.